The van der Waals surface area contributed by atoms with Crippen LogP contribution in [0, 0.1) is 0 Å². The van der Waals surface area contributed by atoms with Gasteiger partial charge in [0.15, 0.2) is 0 Å². The first-order valence-electron chi connectivity index (χ1n) is 9.99. The van der Waals surface area contributed by atoms with Crippen molar-refractivity contribution in [3.05, 3.63) is 18.0 Å². The Hall–Kier alpha value is -0.770. The van der Waals surface area contributed by atoms with Gasteiger partial charge in [0.1, 0.15) is 0 Å². The topological polar surface area (TPSA) is 38.9 Å². The molecule has 0 amide bonds. The second-order valence-electron chi connectivity index (χ2n) is 6.67. The van der Waals surface area contributed by atoms with Gasteiger partial charge in [-0.15, -0.1) is 10.2 Å². The molecule has 1 aromatic rings. The number of hydrogen-bond donors (Lipinski definition) is 1. The highest BCUT2D eigenvalue weighted by Crippen LogP contribution is 2.12. The molecular weight excluding hydrogens is 316 g/mol. The summed E-state index contributed by atoms with van der Waals surface area (Å²) in [5.74, 6) is 0.718. The van der Waals surface area contributed by atoms with Gasteiger partial charge in [-0.25, -0.2) is 0 Å². The molecule has 1 aromatic heterocycles. The summed E-state index contributed by atoms with van der Waals surface area (Å²) in [6.45, 7) is 2.27. The molecule has 0 aliphatic heterocycles. The predicted octanol–water partition coefficient (Wildman–Crippen LogP) is 6.94. The monoisotopic (exact) mass is 352 g/mol. The number of unbranched alkanes of at least 4 members (excludes halogenated alkanes) is 12. The summed E-state index contributed by atoms with van der Waals surface area (Å²) in [7, 11) is 0. The number of hydrogen-bond acceptors (Lipinski definition) is 4. The average Bonchev–Trinajstić information content (AvgIpc) is 3.00. The zero-order valence-electron chi connectivity index (χ0n) is 15.5. The normalized spacial score (nSPS) is 11.6. The Morgan fingerprint density at radius 3 is 1.83 bits per heavy atom. The lowest BCUT2D eigenvalue weighted by atomic mass is 10.1. The van der Waals surface area contributed by atoms with Gasteiger partial charge in [-0.1, -0.05) is 89.5 Å². The van der Waals surface area contributed by atoms with Crippen molar-refractivity contribution in [2.75, 3.05) is 0 Å². The SMILES string of the molecule is CCCCCCCCC=CCCCCCCCCc1nnc(S)o1. The van der Waals surface area contributed by atoms with Crippen LogP contribution in [0.25, 0.3) is 0 Å². The predicted molar refractivity (Wildman–Crippen MR) is 105 cm³/mol. The summed E-state index contributed by atoms with van der Waals surface area (Å²) in [6, 6.07) is 0. The fourth-order valence-corrected chi connectivity index (χ4v) is 3.02. The van der Waals surface area contributed by atoms with E-state index in [0.29, 0.717) is 5.22 Å². The van der Waals surface area contributed by atoms with E-state index in [0.717, 1.165) is 18.7 Å². The molecule has 0 saturated carbocycles. The molecule has 24 heavy (non-hydrogen) atoms. The summed E-state index contributed by atoms with van der Waals surface area (Å²) in [5, 5.41) is 8.04. The molecular formula is C20H36N2OS. The maximum atomic E-state index is 5.24. The van der Waals surface area contributed by atoms with Crippen LogP contribution in [0.15, 0.2) is 21.8 Å². The minimum atomic E-state index is 0.370. The van der Waals surface area contributed by atoms with Gasteiger partial charge in [0.05, 0.1) is 0 Å². The first-order valence-corrected chi connectivity index (χ1v) is 10.4. The summed E-state index contributed by atoms with van der Waals surface area (Å²) in [5.41, 5.74) is 0. The van der Waals surface area contributed by atoms with Gasteiger partial charge in [-0.3, -0.25) is 0 Å². The van der Waals surface area contributed by atoms with Gasteiger partial charge in [-0.2, -0.15) is 0 Å². The number of rotatable bonds is 16. The van der Waals surface area contributed by atoms with Crippen molar-refractivity contribution in [1.82, 2.24) is 10.2 Å². The first-order chi connectivity index (χ1) is 11.8. The summed E-state index contributed by atoms with van der Waals surface area (Å²) < 4.78 is 5.24. The van der Waals surface area contributed by atoms with Crippen molar-refractivity contribution in [2.24, 2.45) is 0 Å². The third kappa shape index (κ3) is 12.6. The molecule has 0 bridgehead atoms. The van der Waals surface area contributed by atoms with Crippen LogP contribution in [-0.4, -0.2) is 10.2 Å². The van der Waals surface area contributed by atoms with Crippen LogP contribution in [0.5, 0.6) is 0 Å². The lowest BCUT2D eigenvalue weighted by Gasteiger charge is -2.00. The summed E-state index contributed by atoms with van der Waals surface area (Å²) in [6.07, 6.45) is 24.3. The molecule has 138 valence electrons. The zero-order valence-corrected chi connectivity index (χ0v) is 16.4. The van der Waals surface area contributed by atoms with Crippen molar-refractivity contribution >= 4 is 12.6 Å². The quantitative estimate of drug-likeness (QED) is 0.199. The largest absolute Gasteiger partial charge is 0.416 e. The molecule has 0 unspecified atom stereocenters. The number of allylic oxidation sites excluding steroid dienone is 2. The van der Waals surface area contributed by atoms with E-state index in [1.807, 2.05) is 0 Å². The molecule has 0 N–H and O–H groups in total. The number of aryl methyl sites for hydroxylation is 1. The van der Waals surface area contributed by atoms with Gasteiger partial charge in [-0.05, 0) is 32.1 Å². The third-order valence-corrected chi connectivity index (χ3v) is 4.54. The maximum absolute atomic E-state index is 5.24. The highest BCUT2D eigenvalue weighted by atomic mass is 32.1. The fourth-order valence-electron chi connectivity index (χ4n) is 2.87. The molecule has 0 spiro atoms. The van der Waals surface area contributed by atoms with E-state index in [9.17, 15) is 0 Å². The number of thiol groups is 1. The second kappa shape index (κ2) is 15.7. The standard InChI is InChI=1S/C20H36N2OS/c1-2-3-4-5-6-7-8-9-10-11-12-13-14-15-16-17-18-19-21-22-20(24)23-19/h9-10H,2-8,11-18H2,1H3,(H,22,24). The molecule has 3 nitrogen and oxygen atoms in total. The average molecular weight is 353 g/mol. The number of aromatic nitrogens is 2. The lowest BCUT2D eigenvalue weighted by molar-refractivity contribution is 0.408. The van der Waals surface area contributed by atoms with Crippen molar-refractivity contribution in [2.45, 2.75) is 108 Å². The Kier molecular flexibility index (Phi) is 14.0. The van der Waals surface area contributed by atoms with Crippen LogP contribution in [-0.2, 0) is 6.42 Å². The van der Waals surface area contributed by atoms with Gasteiger partial charge >= 0.3 is 0 Å². The number of nitrogens with zero attached hydrogens (tertiary/aromatic N) is 2. The minimum absolute atomic E-state index is 0.370. The Balaban J connectivity index is 1.76. The molecule has 0 atom stereocenters. The van der Waals surface area contributed by atoms with Crippen LogP contribution in [0.3, 0.4) is 0 Å². The Morgan fingerprint density at radius 2 is 1.29 bits per heavy atom. The van der Waals surface area contributed by atoms with Crippen molar-refractivity contribution in [3.8, 4) is 0 Å². The minimum Gasteiger partial charge on any atom is -0.416 e. The van der Waals surface area contributed by atoms with E-state index in [4.69, 9.17) is 4.42 Å². The fraction of sp³-hybridized carbons (Fsp3) is 0.800. The van der Waals surface area contributed by atoms with Crippen molar-refractivity contribution < 1.29 is 4.42 Å². The molecule has 0 fully saturated rings. The van der Waals surface area contributed by atoms with E-state index >= 15 is 0 Å². The Bertz CT molecular complexity index is 418. The van der Waals surface area contributed by atoms with E-state index in [-0.39, 0.29) is 0 Å². The summed E-state index contributed by atoms with van der Waals surface area (Å²) >= 11 is 4.01. The molecule has 1 rings (SSSR count). The Labute approximate surface area is 154 Å². The first kappa shape index (κ1) is 21.3. The van der Waals surface area contributed by atoms with E-state index in [1.165, 1.54) is 83.5 Å². The highest BCUT2D eigenvalue weighted by Gasteiger charge is 2.01. The molecule has 0 aromatic carbocycles. The molecule has 1 heterocycles. The van der Waals surface area contributed by atoms with Crippen LogP contribution in [0.1, 0.15) is 103 Å². The lowest BCUT2D eigenvalue weighted by Crippen LogP contribution is -1.86. The van der Waals surface area contributed by atoms with Crippen molar-refractivity contribution in [1.29, 1.82) is 0 Å². The van der Waals surface area contributed by atoms with Gasteiger partial charge in [0, 0.05) is 6.42 Å². The molecule has 0 aliphatic carbocycles. The molecule has 0 radical (unpaired) electrons. The van der Waals surface area contributed by atoms with Crippen LogP contribution >= 0.6 is 12.6 Å². The smallest absolute Gasteiger partial charge is 0.273 e. The second-order valence-corrected chi connectivity index (χ2v) is 7.05. The van der Waals surface area contributed by atoms with Gasteiger partial charge in [0.2, 0.25) is 5.89 Å². The van der Waals surface area contributed by atoms with Gasteiger partial charge in [0.25, 0.3) is 5.22 Å². The Morgan fingerprint density at radius 1 is 0.750 bits per heavy atom. The zero-order chi connectivity index (χ0) is 17.3. The van der Waals surface area contributed by atoms with Crippen molar-refractivity contribution in [3.63, 3.8) is 0 Å². The maximum Gasteiger partial charge on any atom is 0.273 e. The van der Waals surface area contributed by atoms with E-state index in [1.54, 1.807) is 0 Å². The van der Waals surface area contributed by atoms with E-state index < -0.39 is 0 Å². The van der Waals surface area contributed by atoms with Crippen LogP contribution in [0.4, 0.5) is 0 Å². The van der Waals surface area contributed by atoms with Gasteiger partial charge < -0.3 is 4.42 Å². The van der Waals surface area contributed by atoms with Crippen LogP contribution < -0.4 is 0 Å². The molecule has 0 saturated heterocycles. The third-order valence-electron chi connectivity index (χ3n) is 4.36. The highest BCUT2D eigenvalue weighted by molar-refractivity contribution is 7.80. The molecule has 4 heteroatoms. The summed E-state index contributed by atoms with van der Waals surface area (Å²) in [4.78, 5) is 0. The van der Waals surface area contributed by atoms with E-state index in [2.05, 4.69) is 41.9 Å². The van der Waals surface area contributed by atoms with Crippen LogP contribution in [0.2, 0.25) is 0 Å². The molecule has 0 aliphatic rings.